The summed E-state index contributed by atoms with van der Waals surface area (Å²) >= 11 is 1.50. The fourth-order valence-corrected chi connectivity index (χ4v) is 6.79. The fraction of sp³-hybridized carbons (Fsp3) is 0.312. The number of hydrogen-bond acceptors (Lipinski definition) is 6. The molecule has 202 valence electrons. The minimum Gasteiger partial charge on any atom is -0.507 e. The maximum atomic E-state index is 13.5. The van der Waals surface area contributed by atoms with Crippen molar-refractivity contribution in [1.82, 2.24) is 4.90 Å². The highest BCUT2D eigenvalue weighted by atomic mass is 32.1. The highest BCUT2D eigenvalue weighted by molar-refractivity contribution is 7.09. The minimum atomic E-state index is -0.881. The lowest BCUT2D eigenvalue weighted by Crippen LogP contribution is -2.38. The second kappa shape index (κ2) is 11.7. The Labute approximate surface area is 232 Å². The Hall–Kier alpha value is -3.52. The number of thiophene rings is 1. The van der Waals surface area contributed by atoms with Crippen molar-refractivity contribution in [2.75, 3.05) is 6.61 Å². The van der Waals surface area contributed by atoms with E-state index in [9.17, 15) is 24.9 Å². The number of carbonyl (C=O) groups is 2. The second-order valence-electron chi connectivity index (χ2n) is 10.4. The average Bonchev–Trinajstić information content (AvgIpc) is 3.54. The van der Waals surface area contributed by atoms with Crippen LogP contribution in [0.3, 0.4) is 0 Å². The van der Waals surface area contributed by atoms with Gasteiger partial charge in [0.25, 0.3) is 0 Å². The van der Waals surface area contributed by atoms with E-state index in [0.29, 0.717) is 30.4 Å². The van der Waals surface area contributed by atoms with Crippen molar-refractivity contribution in [3.8, 4) is 5.75 Å². The standard InChI is InChI=1S/C32H33NO5S/c1-20-16-25-30(32(38)33(31(25)37)18-24-11-7-15-39-24)26(19-34)29(20)28(36)14-13-22(21-8-3-2-4-9-21)17-23-10-5-6-12-27(23)35/h2-12,15,17,25-26,28,30,34-36H,13-14,16,18-19H2,1H3/b22-17-/t25-,26+,28-,30-/m1/s1. The zero-order chi connectivity index (χ0) is 27.5. The molecule has 4 atom stereocenters. The lowest BCUT2D eigenvalue weighted by molar-refractivity contribution is -0.140. The lowest BCUT2D eigenvalue weighted by Gasteiger charge is -2.35. The number of nitrogens with zero attached hydrogens (tertiary/aromatic N) is 1. The number of imide groups is 1. The van der Waals surface area contributed by atoms with Gasteiger partial charge >= 0.3 is 0 Å². The second-order valence-corrected chi connectivity index (χ2v) is 11.4. The smallest absolute Gasteiger partial charge is 0.234 e. The summed E-state index contributed by atoms with van der Waals surface area (Å²) in [7, 11) is 0. The van der Waals surface area contributed by atoms with Crippen LogP contribution in [-0.4, -0.2) is 44.7 Å². The number of phenols is 1. The SMILES string of the molecule is CC1=C([C@H](O)CC/C(=C/c2ccccc2O)c2ccccc2)[C@H](CO)[C@@H]2C(=O)N(Cc3cccs3)C(=O)[C@@H]2C1. The van der Waals surface area contributed by atoms with Crippen molar-refractivity contribution in [2.45, 2.75) is 38.8 Å². The molecule has 0 radical (unpaired) electrons. The number of benzene rings is 2. The van der Waals surface area contributed by atoms with Crippen molar-refractivity contribution in [3.05, 3.63) is 99.3 Å². The van der Waals surface area contributed by atoms with Crippen molar-refractivity contribution in [3.63, 3.8) is 0 Å². The third-order valence-corrected chi connectivity index (χ3v) is 8.83. The molecule has 1 aromatic heterocycles. The lowest BCUT2D eigenvalue weighted by atomic mass is 9.68. The Kier molecular flexibility index (Phi) is 8.12. The molecule has 2 amide bonds. The summed E-state index contributed by atoms with van der Waals surface area (Å²) in [6.45, 7) is 1.83. The molecule has 0 unspecified atom stereocenters. The molecule has 3 N–H and O–H groups in total. The Bertz CT molecular complexity index is 1390. The van der Waals surface area contributed by atoms with Crippen LogP contribution in [0.5, 0.6) is 5.75 Å². The Morgan fingerprint density at radius 1 is 1.05 bits per heavy atom. The monoisotopic (exact) mass is 543 g/mol. The van der Waals surface area contributed by atoms with Gasteiger partial charge in [-0.3, -0.25) is 14.5 Å². The predicted octanol–water partition coefficient (Wildman–Crippen LogP) is 5.27. The number of phenolic OH excluding ortho intramolecular Hbond substituents is 1. The van der Waals surface area contributed by atoms with E-state index < -0.39 is 23.9 Å². The highest BCUT2D eigenvalue weighted by Gasteiger charge is 2.54. The van der Waals surface area contributed by atoms with Crippen LogP contribution in [0.2, 0.25) is 0 Å². The zero-order valence-electron chi connectivity index (χ0n) is 21.9. The summed E-state index contributed by atoms with van der Waals surface area (Å²) in [6.07, 6.45) is 2.34. The van der Waals surface area contributed by atoms with Crippen molar-refractivity contribution >= 4 is 34.8 Å². The number of likely N-dealkylation sites (tertiary alicyclic amines) is 1. The molecule has 39 heavy (non-hydrogen) atoms. The Balaban J connectivity index is 1.38. The van der Waals surface area contributed by atoms with E-state index in [-0.39, 0.29) is 30.7 Å². The normalized spacial score (nSPS) is 22.4. The third-order valence-electron chi connectivity index (χ3n) is 7.97. The number of aliphatic hydroxyl groups excluding tert-OH is 2. The number of hydrogen-bond donors (Lipinski definition) is 3. The van der Waals surface area contributed by atoms with Crippen LogP contribution in [0.25, 0.3) is 11.6 Å². The quantitative estimate of drug-likeness (QED) is 0.194. The van der Waals surface area contributed by atoms with Crippen LogP contribution in [0.15, 0.2) is 83.3 Å². The Morgan fingerprint density at radius 2 is 1.79 bits per heavy atom. The molecule has 2 heterocycles. The van der Waals surface area contributed by atoms with Crippen LogP contribution in [0, 0.1) is 17.8 Å². The largest absolute Gasteiger partial charge is 0.507 e. The molecule has 3 aromatic rings. The van der Waals surface area contributed by atoms with Crippen molar-refractivity contribution in [2.24, 2.45) is 17.8 Å². The van der Waals surface area contributed by atoms with Gasteiger partial charge in [-0.15, -0.1) is 11.3 Å². The van der Waals surface area contributed by atoms with Crippen LogP contribution in [0.4, 0.5) is 0 Å². The van der Waals surface area contributed by atoms with Gasteiger partial charge in [-0.1, -0.05) is 60.2 Å². The van der Waals surface area contributed by atoms with Crippen LogP contribution < -0.4 is 0 Å². The van der Waals surface area contributed by atoms with Gasteiger partial charge in [0.2, 0.25) is 11.8 Å². The molecule has 1 saturated heterocycles. The molecule has 6 nitrogen and oxygen atoms in total. The molecule has 2 aromatic carbocycles. The molecule has 0 bridgehead atoms. The minimum absolute atomic E-state index is 0.181. The number of amides is 2. The summed E-state index contributed by atoms with van der Waals surface area (Å²) in [5.41, 5.74) is 4.18. The molecule has 5 rings (SSSR count). The third kappa shape index (κ3) is 5.48. The molecule has 1 aliphatic heterocycles. The first kappa shape index (κ1) is 27.1. The maximum absolute atomic E-state index is 13.5. The van der Waals surface area contributed by atoms with Gasteiger partial charge in [-0.05, 0) is 66.5 Å². The number of para-hydroxylation sites is 1. The highest BCUT2D eigenvalue weighted by Crippen LogP contribution is 2.46. The summed E-state index contributed by atoms with van der Waals surface area (Å²) < 4.78 is 0. The van der Waals surface area contributed by atoms with E-state index in [2.05, 4.69) is 0 Å². The number of fused-ring (bicyclic) bond motifs is 1. The van der Waals surface area contributed by atoms with Crippen molar-refractivity contribution < 1.29 is 24.9 Å². The van der Waals surface area contributed by atoms with Gasteiger partial charge in [0.05, 0.1) is 31.1 Å². The van der Waals surface area contributed by atoms with E-state index in [1.807, 2.05) is 73.0 Å². The van der Waals surface area contributed by atoms with E-state index in [0.717, 1.165) is 21.6 Å². The predicted molar refractivity (Wildman–Crippen MR) is 152 cm³/mol. The molecule has 1 aliphatic carbocycles. The average molecular weight is 544 g/mol. The first-order valence-electron chi connectivity index (χ1n) is 13.3. The first-order chi connectivity index (χ1) is 18.9. The summed E-state index contributed by atoms with van der Waals surface area (Å²) in [5.74, 6) is -2.06. The van der Waals surface area contributed by atoms with E-state index in [1.54, 1.807) is 12.1 Å². The van der Waals surface area contributed by atoms with Crippen LogP contribution in [-0.2, 0) is 16.1 Å². The summed E-state index contributed by atoms with van der Waals surface area (Å²) in [5, 5.41) is 34.1. The number of rotatable bonds is 9. The number of allylic oxidation sites excluding steroid dienone is 2. The Morgan fingerprint density at radius 3 is 2.49 bits per heavy atom. The molecule has 0 spiro atoms. The van der Waals surface area contributed by atoms with E-state index in [4.69, 9.17) is 0 Å². The molecule has 2 aliphatic rings. The molecule has 0 saturated carbocycles. The zero-order valence-corrected chi connectivity index (χ0v) is 22.7. The maximum Gasteiger partial charge on any atom is 0.234 e. The van der Waals surface area contributed by atoms with Crippen molar-refractivity contribution in [1.29, 1.82) is 0 Å². The van der Waals surface area contributed by atoms with Crippen LogP contribution in [0.1, 0.15) is 42.2 Å². The van der Waals surface area contributed by atoms with Gasteiger partial charge in [0.15, 0.2) is 0 Å². The van der Waals surface area contributed by atoms with Gasteiger partial charge < -0.3 is 15.3 Å². The molecular formula is C32H33NO5S. The summed E-state index contributed by atoms with van der Waals surface area (Å²) in [6, 6.07) is 20.8. The van der Waals surface area contributed by atoms with Gasteiger partial charge in [0.1, 0.15) is 5.75 Å². The summed E-state index contributed by atoms with van der Waals surface area (Å²) in [4.78, 5) is 29.0. The van der Waals surface area contributed by atoms with Crippen LogP contribution >= 0.6 is 11.3 Å². The number of carbonyl (C=O) groups excluding carboxylic acids is 2. The van der Waals surface area contributed by atoms with Gasteiger partial charge in [0, 0.05) is 16.4 Å². The topological polar surface area (TPSA) is 98.1 Å². The van der Waals surface area contributed by atoms with Gasteiger partial charge in [-0.2, -0.15) is 0 Å². The number of aromatic hydroxyl groups is 1. The first-order valence-corrected chi connectivity index (χ1v) is 14.2. The molecule has 7 heteroatoms. The van der Waals surface area contributed by atoms with E-state index >= 15 is 0 Å². The number of aliphatic hydroxyl groups is 2. The molecular weight excluding hydrogens is 510 g/mol. The fourth-order valence-electron chi connectivity index (χ4n) is 6.09. The van der Waals surface area contributed by atoms with Gasteiger partial charge in [-0.25, -0.2) is 0 Å². The molecule has 1 fully saturated rings. The van der Waals surface area contributed by atoms with E-state index in [1.165, 1.54) is 16.2 Å².